The molecule has 1 atom stereocenters. The third kappa shape index (κ3) is 4.61. The normalized spacial score (nSPS) is 11.8. The number of benzene rings is 2. The Bertz CT molecular complexity index is 893. The summed E-state index contributed by atoms with van der Waals surface area (Å²) >= 11 is 5.86. The molecular weight excluding hydrogens is 356 g/mol. The molecule has 0 aliphatic carbocycles. The van der Waals surface area contributed by atoms with Gasteiger partial charge < -0.3 is 13.9 Å². The molecule has 2 aromatic carbocycles. The van der Waals surface area contributed by atoms with Gasteiger partial charge in [0.2, 0.25) is 5.89 Å². The number of ether oxygens (including phenoxy) is 2. The minimum atomic E-state index is -0.683. The van der Waals surface area contributed by atoms with E-state index in [0.29, 0.717) is 16.7 Å². The summed E-state index contributed by atoms with van der Waals surface area (Å²) in [5.41, 5.74) is 1.94. The Morgan fingerprint density at radius 3 is 2.69 bits per heavy atom. The zero-order valence-corrected chi connectivity index (χ0v) is 15.1. The highest BCUT2D eigenvalue weighted by atomic mass is 35.5. The van der Waals surface area contributed by atoms with Gasteiger partial charge in [-0.05, 0) is 44.2 Å². The number of esters is 1. The number of aryl methyl sites for hydroxylation is 1. The van der Waals surface area contributed by atoms with E-state index in [0.717, 1.165) is 11.1 Å². The number of nitrogens with zero attached hydrogens (tertiary/aromatic N) is 2. The van der Waals surface area contributed by atoms with Crippen molar-refractivity contribution in [3.8, 4) is 17.2 Å². The first-order valence-corrected chi connectivity index (χ1v) is 8.37. The zero-order valence-electron chi connectivity index (χ0n) is 14.3. The number of rotatable bonds is 6. The van der Waals surface area contributed by atoms with Crippen LogP contribution in [0.25, 0.3) is 11.5 Å². The second kappa shape index (κ2) is 8.01. The van der Waals surface area contributed by atoms with E-state index in [1.165, 1.54) is 0 Å². The fraction of sp³-hybridized carbons (Fsp3) is 0.211. The topological polar surface area (TPSA) is 74.5 Å². The van der Waals surface area contributed by atoms with Crippen molar-refractivity contribution in [2.75, 3.05) is 6.61 Å². The van der Waals surface area contributed by atoms with Crippen molar-refractivity contribution in [3.05, 3.63) is 65.0 Å². The molecule has 1 heterocycles. The molecule has 0 aliphatic heterocycles. The quantitative estimate of drug-likeness (QED) is 0.598. The average molecular weight is 373 g/mol. The highest BCUT2D eigenvalue weighted by molar-refractivity contribution is 6.30. The van der Waals surface area contributed by atoms with Gasteiger partial charge in [0.1, 0.15) is 5.75 Å². The molecule has 0 fully saturated rings. The van der Waals surface area contributed by atoms with E-state index in [4.69, 9.17) is 25.5 Å². The van der Waals surface area contributed by atoms with Gasteiger partial charge in [0.05, 0.1) is 0 Å². The third-order valence-electron chi connectivity index (χ3n) is 3.55. The summed E-state index contributed by atoms with van der Waals surface area (Å²) in [5.74, 6) is 0.531. The summed E-state index contributed by atoms with van der Waals surface area (Å²) in [6.07, 6.45) is -0.683. The van der Waals surface area contributed by atoms with Gasteiger partial charge >= 0.3 is 5.97 Å². The Labute approximate surface area is 155 Å². The van der Waals surface area contributed by atoms with Gasteiger partial charge in [-0.15, -0.1) is 10.2 Å². The molecule has 0 amide bonds. The number of carbonyl (C=O) groups is 1. The molecule has 3 aromatic rings. The molecule has 3 rings (SSSR count). The Morgan fingerprint density at radius 2 is 1.96 bits per heavy atom. The molecule has 26 heavy (non-hydrogen) atoms. The van der Waals surface area contributed by atoms with Gasteiger partial charge in [-0.3, -0.25) is 0 Å². The summed E-state index contributed by atoms with van der Waals surface area (Å²) in [6.45, 7) is 3.41. The first kappa shape index (κ1) is 17.9. The molecule has 0 N–H and O–H groups in total. The van der Waals surface area contributed by atoms with Crippen LogP contribution < -0.4 is 4.74 Å². The Kier molecular flexibility index (Phi) is 5.53. The van der Waals surface area contributed by atoms with Crippen molar-refractivity contribution in [1.82, 2.24) is 10.2 Å². The van der Waals surface area contributed by atoms with E-state index in [-0.39, 0.29) is 12.5 Å². The monoisotopic (exact) mass is 372 g/mol. The van der Waals surface area contributed by atoms with Crippen molar-refractivity contribution in [3.63, 3.8) is 0 Å². The molecule has 0 radical (unpaired) electrons. The van der Waals surface area contributed by atoms with Crippen LogP contribution >= 0.6 is 11.6 Å². The molecular formula is C19H17ClN2O4. The van der Waals surface area contributed by atoms with Crippen LogP contribution in [0.5, 0.6) is 5.75 Å². The number of aromatic nitrogens is 2. The summed E-state index contributed by atoms with van der Waals surface area (Å²) in [6, 6.07) is 14.5. The smallest absolute Gasteiger partial charge is 0.344 e. The van der Waals surface area contributed by atoms with Crippen LogP contribution in [0, 0.1) is 6.92 Å². The number of hydrogen-bond acceptors (Lipinski definition) is 6. The van der Waals surface area contributed by atoms with Crippen LogP contribution in [-0.2, 0) is 9.53 Å². The molecule has 6 nitrogen and oxygen atoms in total. The van der Waals surface area contributed by atoms with Gasteiger partial charge in [0.15, 0.2) is 12.7 Å². The third-order valence-corrected chi connectivity index (χ3v) is 3.78. The van der Waals surface area contributed by atoms with Gasteiger partial charge in [-0.25, -0.2) is 4.79 Å². The highest BCUT2D eigenvalue weighted by Gasteiger charge is 2.19. The molecule has 0 aliphatic rings. The first-order valence-electron chi connectivity index (χ1n) is 7.99. The van der Waals surface area contributed by atoms with Gasteiger partial charge in [0, 0.05) is 10.6 Å². The van der Waals surface area contributed by atoms with Gasteiger partial charge in [0.25, 0.3) is 5.89 Å². The summed E-state index contributed by atoms with van der Waals surface area (Å²) in [4.78, 5) is 11.9. The molecule has 0 saturated heterocycles. The molecule has 1 unspecified atom stereocenters. The summed E-state index contributed by atoms with van der Waals surface area (Å²) < 4.78 is 16.2. The summed E-state index contributed by atoms with van der Waals surface area (Å²) in [7, 11) is 0. The maximum Gasteiger partial charge on any atom is 0.344 e. The van der Waals surface area contributed by atoms with Crippen LogP contribution in [-0.4, -0.2) is 22.8 Å². The van der Waals surface area contributed by atoms with E-state index in [2.05, 4.69) is 10.2 Å². The minimum absolute atomic E-state index is 0.219. The molecule has 1 aromatic heterocycles. The lowest BCUT2D eigenvalue weighted by atomic mass is 10.1. The molecule has 0 spiro atoms. The van der Waals surface area contributed by atoms with Crippen molar-refractivity contribution < 1.29 is 18.7 Å². The lowest BCUT2D eigenvalue weighted by Crippen LogP contribution is -2.17. The van der Waals surface area contributed by atoms with Crippen LogP contribution in [0.1, 0.15) is 24.5 Å². The van der Waals surface area contributed by atoms with Crippen LogP contribution in [0.3, 0.4) is 0 Å². The second-order valence-electron chi connectivity index (χ2n) is 5.69. The molecule has 0 bridgehead atoms. The molecule has 134 valence electrons. The van der Waals surface area contributed by atoms with Crippen molar-refractivity contribution in [1.29, 1.82) is 0 Å². The fourth-order valence-corrected chi connectivity index (χ4v) is 2.37. The largest absolute Gasteiger partial charge is 0.482 e. The standard InChI is InChI=1S/C19H17ClN2O4/c1-12-6-8-14(9-7-12)19-22-21-18(26-19)13(2)25-17(23)11-24-16-5-3-4-15(20)10-16/h3-10,13H,11H2,1-2H3. The number of carbonyl (C=O) groups excluding carboxylic acids is 1. The Balaban J connectivity index is 1.56. The second-order valence-corrected chi connectivity index (χ2v) is 6.13. The van der Waals surface area contributed by atoms with Gasteiger partial charge in [-0.2, -0.15) is 0 Å². The van der Waals surface area contributed by atoms with Crippen molar-refractivity contribution >= 4 is 17.6 Å². The van der Waals surface area contributed by atoms with Crippen LogP contribution in [0.15, 0.2) is 52.9 Å². The van der Waals surface area contributed by atoms with E-state index >= 15 is 0 Å². The lowest BCUT2D eigenvalue weighted by molar-refractivity contribution is -0.152. The highest BCUT2D eigenvalue weighted by Crippen LogP contribution is 2.23. The van der Waals surface area contributed by atoms with Crippen LogP contribution in [0.4, 0.5) is 0 Å². The van der Waals surface area contributed by atoms with Crippen molar-refractivity contribution in [2.45, 2.75) is 20.0 Å². The van der Waals surface area contributed by atoms with E-state index in [1.807, 2.05) is 31.2 Å². The predicted molar refractivity (Wildman–Crippen MR) is 95.9 cm³/mol. The van der Waals surface area contributed by atoms with E-state index < -0.39 is 12.1 Å². The zero-order chi connectivity index (χ0) is 18.5. The van der Waals surface area contributed by atoms with E-state index in [9.17, 15) is 4.79 Å². The SMILES string of the molecule is Cc1ccc(-c2nnc(C(C)OC(=O)COc3cccc(Cl)c3)o2)cc1. The lowest BCUT2D eigenvalue weighted by Gasteiger charge is -2.10. The van der Waals surface area contributed by atoms with Crippen molar-refractivity contribution in [2.24, 2.45) is 0 Å². The number of hydrogen-bond donors (Lipinski definition) is 0. The molecule has 0 saturated carbocycles. The Hall–Kier alpha value is -2.86. The maximum atomic E-state index is 11.9. The minimum Gasteiger partial charge on any atom is -0.482 e. The maximum absolute atomic E-state index is 11.9. The number of halogens is 1. The average Bonchev–Trinajstić information content (AvgIpc) is 3.11. The van der Waals surface area contributed by atoms with Crippen LogP contribution in [0.2, 0.25) is 5.02 Å². The Morgan fingerprint density at radius 1 is 1.19 bits per heavy atom. The predicted octanol–water partition coefficient (Wildman–Crippen LogP) is 4.38. The fourth-order valence-electron chi connectivity index (χ4n) is 2.19. The first-order chi connectivity index (χ1) is 12.5. The summed E-state index contributed by atoms with van der Waals surface area (Å²) in [5, 5.41) is 8.47. The molecule has 7 heteroatoms. The van der Waals surface area contributed by atoms with Gasteiger partial charge in [-0.1, -0.05) is 35.4 Å². The van der Waals surface area contributed by atoms with E-state index in [1.54, 1.807) is 31.2 Å².